The van der Waals surface area contributed by atoms with Gasteiger partial charge in [-0.3, -0.25) is 14.4 Å². The summed E-state index contributed by atoms with van der Waals surface area (Å²) in [7, 11) is 0. The number of carbonyl (C=O) groups excluding carboxylic acids is 3. The smallest absolute Gasteiger partial charge is 0.306 e. The molecule has 0 aromatic heterocycles. The third-order valence-electron chi connectivity index (χ3n) is 10.2. The summed E-state index contributed by atoms with van der Waals surface area (Å²) in [5.74, 6) is -0.923. The molecular formula is C53H90O6. The number of esters is 3. The number of hydrogen-bond acceptors (Lipinski definition) is 6. The van der Waals surface area contributed by atoms with Crippen molar-refractivity contribution in [1.29, 1.82) is 0 Å². The first-order chi connectivity index (χ1) is 29.0. The normalized spacial score (nSPS) is 12.7. The largest absolute Gasteiger partial charge is 0.462 e. The molecule has 6 heteroatoms. The van der Waals surface area contributed by atoms with Gasteiger partial charge in [-0.15, -0.1) is 0 Å². The molecule has 0 amide bonds. The molecule has 338 valence electrons. The highest BCUT2D eigenvalue weighted by Crippen LogP contribution is 2.14. The molecule has 0 bridgehead atoms. The first-order valence-electron chi connectivity index (χ1n) is 24.4. The van der Waals surface area contributed by atoms with Gasteiger partial charge in [0.25, 0.3) is 0 Å². The summed E-state index contributed by atoms with van der Waals surface area (Å²) >= 11 is 0. The molecule has 0 spiro atoms. The molecule has 0 rings (SSSR count). The molecule has 0 heterocycles. The predicted molar refractivity (Wildman–Crippen MR) is 251 cm³/mol. The van der Waals surface area contributed by atoms with E-state index in [1.54, 1.807) is 0 Å². The number of hydrogen-bond donors (Lipinski definition) is 0. The Labute approximate surface area is 363 Å². The zero-order valence-electron chi connectivity index (χ0n) is 38.5. The predicted octanol–water partition coefficient (Wildman–Crippen LogP) is 15.9. The molecule has 0 aromatic rings. The molecule has 0 aliphatic rings. The fourth-order valence-electron chi connectivity index (χ4n) is 6.56. The number of carbonyl (C=O) groups is 3. The van der Waals surface area contributed by atoms with Crippen molar-refractivity contribution in [3.05, 3.63) is 72.9 Å². The number of unbranched alkanes of at least 4 members (excludes halogenated alkanes) is 20. The summed E-state index contributed by atoms with van der Waals surface area (Å²) in [4.78, 5) is 37.6. The molecule has 0 N–H and O–H groups in total. The second kappa shape index (κ2) is 47.5. The van der Waals surface area contributed by atoms with Gasteiger partial charge in [0.15, 0.2) is 6.10 Å². The van der Waals surface area contributed by atoms with Crippen LogP contribution in [0, 0.1) is 0 Å². The Balaban J connectivity index is 4.22. The van der Waals surface area contributed by atoms with E-state index in [-0.39, 0.29) is 31.1 Å². The molecule has 0 aromatic carbocycles. The van der Waals surface area contributed by atoms with Gasteiger partial charge in [-0.25, -0.2) is 0 Å². The second-order valence-corrected chi connectivity index (χ2v) is 16.0. The fourth-order valence-corrected chi connectivity index (χ4v) is 6.56. The first kappa shape index (κ1) is 55.9. The van der Waals surface area contributed by atoms with E-state index >= 15 is 0 Å². The Hall–Kier alpha value is -3.15. The van der Waals surface area contributed by atoms with Crippen LogP contribution in [0.2, 0.25) is 0 Å². The van der Waals surface area contributed by atoms with Crippen LogP contribution in [-0.2, 0) is 28.6 Å². The van der Waals surface area contributed by atoms with E-state index in [1.165, 1.54) is 70.6 Å². The quantitative estimate of drug-likeness (QED) is 0.0264. The van der Waals surface area contributed by atoms with E-state index in [0.29, 0.717) is 19.3 Å². The van der Waals surface area contributed by atoms with E-state index < -0.39 is 6.10 Å². The van der Waals surface area contributed by atoms with Gasteiger partial charge in [0.05, 0.1) is 0 Å². The van der Waals surface area contributed by atoms with E-state index in [0.717, 1.165) is 116 Å². The Morgan fingerprint density at radius 1 is 0.356 bits per heavy atom. The van der Waals surface area contributed by atoms with Crippen LogP contribution < -0.4 is 0 Å². The SMILES string of the molecule is CC/C=C\C/C=C\C/C=C\C/C=C\C/C=C\C/C=C\CCCCCCC(=O)OCC(COC(=O)CCCCCCC)OC(=O)CCCCCCCCCCCCCCC. The average molecular weight is 823 g/mol. The minimum atomic E-state index is -0.779. The lowest BCUT2D eigenvalue weighted by Crippen LogP contribution is -2.30. The molecule has 1 atom stereocenters. The molecule has 0 fully saturated rings. The lowest BCUT2D eigenvalue weighted by molar-refractivity contribution is -0.167. The molecule has 0 radical (unpaired) electrons. The maximum absolute atomic E-state index is 12.7. The topological polar surface area (TPSA) is 78.9 Å². The van der Waals surface area contributed by atoms with E-state index in [4.69, 9.17) is 14.2 Å². The molecule has 59 heavy (non-hydrogen) atoms. The molecule has 0 saturated heterocycles. The van der Waals surface area contributed by atoms with Crippen LogP contribution in [0.4, 0.5) is 0 Å². The van der Waals surface area contributed by atoms with Gasteiger partial charge >= 0.3 is 17.9 Å². The van der Waals surface area contributed by atoms with Crippen LogP contribution in [0.1, 0.15) is 226 Å². The highest BCUT2D eigenvalue weighted by molar-refractivity contribution is 5.71. The van der Waals surface area contributed by atoms with E-state index in [1.807, 2.05) is 0 Å². The van der Waals surface area contributed by atoms with Crippen LogP contribution in [-0.4, -0.2) is 37.2 Å². The Morgan fingerprint density at radius 3 is 1.03 bits per heavy atom. The summed E-state index contributed by atoms with van der Waals surface area (Å²) in [6.45, 7) is 6.41. The van der Waals surface area contributed by atoms with E-state index in [9.17, 15) is 14.4 Å². The van der Waals surface area contributed by atoms with Crippen LogP contribution in [0.25, 0.3) is 0 Å². The average Bonchev–Trinajstić information content (AvgIpc) is 3.23. The summed E-state index contributed by atoms with van der Waals surface area (Å²) in [5, 5.41) is 0. The molecule has 6 nitrogen and oxygen atoms in total. The van der Waals surface area contributed by atoms with Crippen molar-refractivity contribution >= 4 is 17.9 Å². The monoisotopic (exact) mass is 823 g/mol. The van der Waals surface area contributed by atoms with Gasteiger partial charge in [-0.05, 0) is 70.6 Å². The molecule has 1 unspecified atom stereocenters. The zero-order chi connectivity index (χ0) is 43.0. The van der Waals surface area contributed by atoms with Gasteiger partial charge < -0.3 is 14.2 Å². The number of ether oxygens (including phenoxy) is 3. The van der Waals surface area contributed by atoms with Crippen LogP contribution >= 0.6 is 0 Å². The van der Waals surface area contributed by atoms with Gasteiger partial charge in [-0.1, -0.05) is 209 Å². The third kappa shape index (κ3) is 45.8. The zero-order valence-corrected chi connectivity index (χ0v) is 38.5. The van der Waals surface area contributed by atoms with Crippen molar-refractivity contribution in [2.75, 3.05) is 13.2 Å². The van der Waals surface area contributed by atoms with Crippen molar-refractivity contribution in [2.45, 2.75) is 232 Å². The van der Waals surface area contributed by atoms with Gasteiger partial charge in [-0.2, -0.15) is 0 Å². The van der Waals surface area contributed by atoms with Gasteiger partial charge in [0.1, 0.15) is 13.2 Å². The van der Waals surface area contributed by atoms with Crippen LogP contribution in [0.3, 0.4) is 0 Å². The Morgan fingerprint density at radius 2 is 0.661 bits per heavy atom. The van der Waals surface area contributed by atoms with Gasteiger partial charge in [0.2, 0.25) is 0 Å². The maximum Gasteiger partial charge on any atom is 0.306 e. The van der Waals surface area contributed by atoms with Crippen LogP contribution in [0.5, 0.6) is 0 Å². The van der Waals surface area contributed by atoms with Crippen molar-refractivity contribution in [3.8, 4) is 0 Å². The van der Waals surface area contributed by atoms with Crippen molar-refractivity contribution in [2.24, 2.45) is 0 Å². The summed E-state index contributed by atoms with van der Waals surface area (Å²) in [6.07, 6.45) is 59.2. The molecule has 0 aliphatic heterocycles. The standard InChI is InChI=1S/C53H90O6/c1-4-7-10-13-15-17-19-21-22-23-24-25-26-27-28-29-30-32-33-35-37-40-43-46-52(55)58-49-50(48-57-51(54)45-42-39-12-9-6-3)59-53(56)47-44-41-38-36-34-31-20-18-16-14-11-8-5-2/h7,10,15,17,21-22,24-25,27-28,30,32,50H,4-6,8-9,11-14,16,18-20,23,26,29,31,33-49H2,1-3H3/b10-7-,17-15-,22-21-,25-24-,28-27-,32-30-. The third-order valence-corrected chi connectivity index (χ3v) is 10.2. The Kier molecular flexibility index (Phi) is 45.0. The molecule has 0 saturated carbocycles. The molecular weight excluding hydrogens is 733 g/mol. The highest BCUT2D eigenvalue weighted by atomic mass is 16.6. The summed E-state index contributed by atoms with van der Waals surface area (Å²) < 4.78 is 16.6. The molecule has 0 aliphatic carbocycles. The van der Waals surface area contributed by atoms with Crippen molar-refractivity contribution in [1.82, 2.24) is 0 Å². The van der Waals surface area contributed by atoms with Crippen molar-refractivity contribution < 1.29 is 28.6 Å². The van der Waals surface area contributed by atoms with Crippen molar-refractivity contribution in [3.63, 3.8) is 0 Å². The second-order valence-electron chi connectivity index (χ2n) is 16.0. The summed E-state index contributed by atoms with van der Waals surface area (Å²) in [5.41, 5.74) is 0. The lowest BCUT2D eigenvalue weighted by Gasteiger charge is -2.18. The maximum atomic E-state index is 12.7. The highest BCUT2D eigenvalue weighted by Gasteiger charge is 2.19. The van der Waals surface area contributed by atoms with Gasteiger partial charge in [0, 0.05) is 19.3 Å². The fraction of sp³-hybridized carbons (Fsp3) is 0.717. The minimum absolute atomic E-state index is 0.0833. The lowest BCUT2D eigenvalue weighted by atomic mass is 10.0. The number of allylic oxidation sites excluding steroid dienone is 12. The van der Waals surface area contributed by atoms with Crippen LogP contribution in [0.15, 0.2) is 72.9 Å². The summed E-state index contributed by atoms with van der Waals surface area (Å²) in [6, 6.07) is 0. The van der Waals surface area contributed by atoms with E-state index in [2.05, 4.69) is 93.7 Å². The Bertz CT molecular complexity index is 1130. The minimum Gasteiger partial charge on any atom is -0.462 e. The number of rotatable bonds is 43. The first-order valence-corrected chi connectivity index (χ1v) is 24.4.